The second-order valence-electron chi connectivity index (χ2n) is 4.85. The van der Waals surface area contributed by atoms with Gasteiger partial charge in [0.1, 0.15) is 16.6 Å². The first-order chi connectivity index (χ1) is 9.39. The first kappa shape index (κ1) is 14.5. The number of thiazole rings is 1. The van der Waals surface area contributed by atoms with Gasteiger partial charge >= 0.3 is 5.97 Å². The van der Waals surface area contributed by atoms with Crippen LogP contribution in [0.2, 0.25) is 0 Å². The zero-order chi connectivity index (χ0) is 14.9. The fourth-order valence-electron chi connectivity index (χ4n) is 2.23. The molecule has 0 aromatic carbocycles. The minimum absolute atomic E-state index is 0.161. The third kappa shape index (κ3) is 2.29. The lowest BCUT2D eigenvalue weighted by atomic mass is 10.1. The van der Waals surface area contributed by atoms with Crippen LogP contribution in [-0.2, 0) is 10.3 Å². The number of carbonyl (C=O) groups excluding carboxylic acids is 1. The normalized spacial score (nSPS) is 11.6. The highest BCUT2D eigenvalue weighted by Crippen LogP contribution is 2.32. The number of rotatable bonds is 4. The summed E-state index contributed by atoms with van der Waals surface area (Å²) >= 11 is 1.54. The van der Waals surface area contributed by atoms with Crippen molar-refractivity contribution in [3.05, 3.63) is 28.1 Å². The molecule has 0 aliphatic carbocycles. The molecule has 2 N–H and O–H groups in total. The lowest BCUT2D eigenvalue weighted by Crippen LogP contribution is -2.30. The van der Waals surface area contributed by atoms with Crippen LogP contribution in [0.5, 0.6) is 0 Å². The van der Waals surface area contributed by atoms with E-state index < -0.39 is 11.5 Å². The van der Waals surface area contributed by atoms with E-state index in [4.69, 9.17) is 10.5 Å². The molecule has 2 heterocycles. The average molecular weight is 294 g/mol. The van der Waals surface area contributed by atoms with Crippen LogP contribution in [0, 0.1) is 6.92 Å². The van der Waals surface area contributed by atoms with Crippen molar-refractivity contribution in [2.24, 2.45) is 0 Å². The van der Waals surface area contributed by atoms with Gasteiger partial charge in [-0.3, -0.25) is 0 Å². The molecule has 0 radical (unpaired) electrons. The quantitative estimate of drug-likeness (QED) is 0.874. The minimum atomic E-state index is -0.498. The van der Waals surface area contributed by atoms with E-state index in [1.807, 2.05) is 30.7 Å². The van der Waals surface area contributed by atoms with E-state index in [1.54, 1.807) is 13.1 Å². The summed E-state index contributed by atoms with van der Waals surface area (Å²) in [6, 6.07) is 0. The van der Waals surface area contributed by atoms with Crippen molar-refractivity contribution in [1.82, 2.24) is 14.5 Å². The van der Waals surface area contributed by atoms with Crippen LogP contribution in [0.3, 0.4) is 0 Å². The molecule has 0 atom stereocenters. The Bertz CT molecular complexity index is 617. The number of hydrogen-bond donors (Lipinski definition) is 1. The van der Waals surface area contributed by atoms with Crippen molar-refractivity contribution in [2.75, 3.05) is 12.3 Å². The van der Waals surface area contributed by atoms with Crippen molar-refractivity contribution in [3.8, 4) is 0 Å². The molecule has 0 unspecified atom stereocenters. The number of nitrogens with two attached hydrogens (primary N) is 1. The summed E-state index contributed by atoms with van der Waals surface area (Å²) in [5, 5.41) is 2.81. The zero-order valence-corrected chi connectivity index (χ0v) is 12.8. The topological polar surface area (TPSA) is 83.0 Å². The standard InChI is InChI=1S/C13H18N4O2S/c1-5-19-11(18)9-10(14)17(8(2)16-9)13(3,4)12-15-6-7-20-12/h6-7H,5,14H2,1-4H3. The third-order valence-electron chi connectivity index (χ3n) is 3.06. The summed E-state index contributed by atoms with van der Waals surface area (Å²) in [7, 11) is 0. The molecule has 0 spiro atoms. The summed E-state index contributed by atoms with van der Waals surface area (Å²) < 4.78 is 6.79. The molecule has 0 saturated carbocycles. The van der Waals surface area contributed by atoms with Gasteiger partial charge in [0.15, 0.2) is 5.69 Å². The van der Waals surface area contributed by atoms with Gasteiger partial charge in [-0.25, -0.2) is 14.8 Å². The van der Waals surface area contributed by atoms with Gasteiger partial charge in [-0.2, -0.15) is 0 Å². The highest BCUT2D eigenvalue weighted by Gasteiger charge is 2.32. The molecule has 0 fully saturated rings. The number of aromatic nitrogens is 3. The molecule has 20 heavy (non-hydrogen) atoms. The Morgan fingerprint density at radius 3 is 2.80 bits per heavy atom. The van der Waals surface area contributed by atoms with Gasteiger partial charge in [0.2, 0.25) is 0 Å². The van der Waals surface area contributed by atoms with E-state index in [9.17, 15) is 4.79 Å². The summed E-state index contributed by atoms with van der Waals surface area (Å²) in [5.41, 5.74) is 5.79. The summed E-state index contributed by atoms with van der Waals surface area (Å²) in [5.74, 6) is 0.466. The summed E-state index contributed by atoms with van der Waals surface area (Å²) in [4.78, 5) is 20.4. The van der Waals surface area contributed by atoms with Gasteiger partial charge < -0.3 is 15.0 Å². The third-order valence-corrected chi connectivity index (χ3v) is 4.15. The Hall–Kier alpha value is -1.89. The Kier molecular flexibility index (Phi) is 3.80. The summed E-state index contributed by atoms with van der Waals surface area (Å²) in [6.45, 7) is 7.84. The van der Waals surface area contributed by atoms with E-state index in [0.717, 1.165) is 5.01 Å². The van der Waals surface area contributed by atoms with Crippen LogP contribution in [0.1, 0.15) is 42.1 Å². The van der Waals surface area contributed by atoms with Gasteiger partial charge in [-0.15, -0.1) is 11.3 Å². The fourth-order valence-corrected chi connectivity index (χ4v) is 2.98. The van der Waals surface area contributed by atoms with E-state index >= 15 is 0 Å². The van der Waals surface area contributed by atoms with Gasteiger partial charge in [-0.05, 0) is 27.7 Å². The molecule has 2 rings (SSSR count). The molecular weight excluding hydrogens is 276 g/mol. The van der Waals surface area contributed by atoms with Crippen LogP contribution >= 0.6 is 11.3 Å². The number of hydrogen-bond acceptors (Lipinski definition) is 6. The van der Waals surface area contributed by atoms with Gasteiger partial charge in [0.25, 0.3) is 0 Å². The van der Waals surface area contributed by atoms with Crippen LogP contribution in [0.25, 0.3) is 0 Å². The van der Waals surface area contributed by atoms with Gasteiger partial charge in [-0.1, -0.05) is 0 Å². The second kappa shape index (κ2) is 5.24. The monoisotopic (exact) mass is 294 g/mol. The molecule has 0 aliphatic heterocycles. The van der Waals surface area contributed by atoms with Crippen molar-refractivity contribution >= 4 is 23.1 Å². The maximum absolute atomic E-state index is 11.9. The Balaban J connectivity index is 2.51. The molecule has 0 bridgehead atoms. The fraction of sp³-hybridized carbons (Fsp3) is 0.462. The highest BCUT2D eigenvalue weighted by atomic mass is 32.1. The van der Waals surface area contributed by atoms with E-state index in [0.29, 0.717) is 18.2 Å². The number of imidazole rings is 1. The number of nitrogen functional groups attached to an aromatic ring is 1. The molecule has 2 aromatic heterocycles. The lowest BCUT2D eigenvalue weighted by Gasteiger charge is -2.26. The van der Waals surface area contributed by atoms with Gasteiger partial charge in [0.05, 0.1) is 12.1 Å². The number of esters is 1. The van der Waals surface area contributed by atoms with Crippen molar-refractivity contribution in [3.63, 3.8) is 0 Å². The lowest BCUT2D eigenvalue weighted by molar-refractivity contribution is 0.0521. The van der Waals surface area contributed by atoms with Crippen LogP contribution < -0.4 is 5.73 Å². The first-order valence-corrected chi connectivity index (χ1v) is 7.20. The Morgan fingerprint density at radius 1 is 1.55 bits per heavy atom. The maximum Gasteiger partial charge on any atom is 0.360 e. The molecular formula is C13H18N4O2S. The summed E-state index contributed by atoms with van der Waals surface area (Å²) in [6.07, 6.45) is 1.75. The van der Waals surface area contributed by atoms with Crippen LogP contribution in [0.15, 0.2) is 11.6 Å². The predicted molar refractivity (Wildman–Crippen MR) is 77.9 cm³/mol. The maximum atomic E-state index is 11.9. The molecule has 7 heteroatoms. The van der Waals surface area contributed by atoms with Crippen molar-refractivity contribution < 1.29 is 9.53 Å². The van der Waals surface area contributed by atoms with E-state index in [-0.39, 0.29) is 5.69 Å². The van der Waals surface area contributed by atoms with Gasteiger partial charge in [0, 0.05) is 11.6 Å². The molecule has 0 amide bonds. The van der Waals surface area contributed by atoms with Crippen molar-refractivity contribution in [2.45, 2.75) is 33.2 Å². The second-order valence-corrected chi connectivity index (χ2v) is 5.74. The predicted octanol–water partition coefficient (Wildman–Crippen LogP) is 2.19. The molecule has 0 saturated heterocycles. The number of ether oxygens (including phenoxy) is 1. The van der Waals surface area contributed by atoms with E-state index in [1.165, 1.54) is 11.3 Å². The number of anilines is 1. The van der Waals surface area contributed by atoms with Crippen molar-refractivity contribution in [1.29, 1.82) is 0 Å². The number of nitrogens with zero attached hydrogens (tertiary/aromatic N) is 3. The smallest absolute Gasteiger partial charge is 0.360 e. The molecule has 2 aromatic rings. The first-order valence-electron chi connectivity index (χ1n) is 6.32. The average Bonchev–Trinajstić information content (AvgIpc) is 2.98. The largest absolute Gasteiger partial charge is 0.461 e. The minimum Gasteiger partial charge on any atom is -0.461 e. The Morgan fingerprint density at radius 2 is 2.25 bits per heavy atom. The molecule has 6 nitrogen and oxygen atoms in total. The van der Waals surface area contributed by atoms with E-state index in [2.05, 4.69) is 9.97 Å². The van der Waals surface area contributed by atoms with Crippen LogP contribution in [0.4, 0.5) is 5.82 Å². The number of aryl methyl sites for hydroxylation is 1. The zero-order valence-electron chi connectivity index (χ0n) is 12.0. The SMILES string of the molecule is CCOC(=O)c1nc(C)n(C(C)(C)c2nccs2)c1N. The Labute approximate surface area is 121 Å². The molecule has 108 valence electrons. The number of carbonyl (C=O) groups is 1. The van der Waals surface area contributed by atoms with Crippen LogP contribution in [-0.4, -0.2) is 27.1 Å². The molecule has 0 aliphatic rings. The highest BCUT2D eigenvalue weighted by molar-refractivity contribution is 7.09.